The quantitative estimate of drug-likeness (QED) is 0.478. The second-order valence-corrected chi connectivity index (χ2v) is 6.26. The van der Waals surface area contributed by atoms with E-state index in [2.05, 4.69) is 11.9 Å². The molecule has 0 radical (unpaired) electrons. The Morgan fingerprint density at radius 3 is 2.48 bits per heavy atom. The Morgan fingerprint density at radius 2 is 1.87 bits per heavy atom. The first-order valence-corrected chi connectivity index (χ1v) is 8.33. The van der Waals surface area contributed by atoms with Crippen molar-refractivity contribution in [3.63, 3.8) is 0 Å². The van der Waals surface area contributed by atoms with Crippen LogP contribution in [0.5, 0.6) is 11.5 Å². The highest BCUT2D eigenvalue weighted by Gasteiger charge is 2.24. The molecule has 0 saturated carbocycles. The van der Waals surface area contributed by atoms with Gasteiger partial charge in [-0.05, 0) is 36.6 Å². The number of hydrogen-bond donors (Lipinski definition) is 3. The number of phenols is 2. The highest BCUT2D eigenvalue weighted by Crippen LogP contribution is 2.39. The van der Waals surface area contributed by atoms with E-state index in [1.807, 2.05) is 0 Å². The number of ketones is 1. The molecule has 0 saturated heterocycles. The van der Waals surface area contributed by atoms with Gasteiger partial charge in [0.2, 0.25) is 5.78 Å². The van der Waals surface area contributed by atoms with Crippen molar-refractivity contribution in [3.05, 3.63) is 45.2 Å². The van der Waals surface area contributed by atoms with Crippen molar-refractivity contribution in [1.29, 1.82) is 0 Å². The first kappa shape index (κ1) is 17.7. The normalized spacial score (nSPS) is 10.9. The van der Waals surface area contributed by atoms with Gasteiger partial charge in [0.05, 0.1) is 10.7 Å². The van der Waals surface area contributed by atoms with Crippen LogP contribution in [0, 0.1) is 0 Å². The van der Waals surface area contributed by atoms with Crippen molar-refractivity contribution in [2.75, 3.05) is 0 Å². The molecule has 0 aliphatic carbocycles. The van der Waals surface area contributed by atoms with Gasteiger partial charge in [-0.15, -0.1) is 0 Å². The zero-order valence-electron chi connectivity index (χ0n) is 12.8. The number of aromatic hydroxyl groups is 2. The molecule has 4 nitrogen and oxygen atoms in total. The van der Waals surface area contributed by atoms with E-state index in [0.29, 0.717) is 17.1 Å². The number of rotatable bonds is 7. The maximum absolute atomic E-state index is 12.5. The van der Waals surface area contributed by atoms with E-state index in [0.717, 1.165) is 25.7 Å². The van der Waals surface area contributed by atoms with E-state index >= 15 is 0 Å². The van der Waals surface area contributed by atoms with Gasteiger partial charge in [-0.3, -0.25) is 4.79 Å². The zero-order valence-corrected chi connectivity index (χ0v) is 14.3. The Balaban J connectivity index is 2.34. The molecule has 0 spiro atoms. The van der Waals surface area contributed by atoms with Gasteiger partial charge in [-0.25, -0.2) is 0 Å². The van der Waals surface area contributed by atoms with Gasteiger partial charge in [0.25, 0.3) is 0 Å². The molecule has 2 rings (SSSR count). The number of aromatic amines is 1. The second kappa shape index (κ2) is 7.75. The molecule has 0 aliphatic heterocycles. The van der Waals surface area contributed by atoms with E-state index in [1.165, 1.54) is 18.2 Å². The largest absolute Gasteiger partial charge is 0.507 e. The Morgan fingerprint density at radius 1 is 1.13 bits per heavy atom. The fourth-order valence-corrected chi connectivity index (χ4v) is 2.86. The standard InChI is InChI=1S/C17H19Cl2NO3/c1-2-3-4-5-6-10-9-11(18)16(22)14(15(10)21)17(23)12-7-8-13(19)20-12/h7-9,20-22H,2-6H2,1H3. The minimum absolute atomic E-state index is 0.0503. The third-order valence-corrected chi connectivity index (χ3v) is 4.24. The molecule has 0 bridgehead atoms. The van der Waals surface area contributed by atoms with Gasteiger partial charge in [0.15, 0.2) is 0 Å². The van der Waals surface area contributed by atoms with Gasteiger partial charge >= 0.3 is 0 Å². The van der Waals surface area contributed by atoms with Crippen LogP contribution in [0.15, 0.2) is 18.2 Å². The summed E-state index contributed by atoms with van der Waals surface area (Å²) >= 11 is 11.8. The molecule has 1 aromatic heterocycles. The first-order valence-electron chi connectivity index (χ1n) is 7.58. The summed E-state index contributed by atoms with van der Waals surface area (Å²) in [5.74, 6) is -1.19. The number of nitrogens with one attached hydrogen (secondary N) is 1. The van der Waals surface area contributed by atoms with Crippen molar-refractivity contribution in [2.24, 2.45) is 0 Å². The molecule has 0 amide bonds. The fourth-order valence-electron chi connectivity index (χ4n) is 2.47. The Kier molecular flexibility index (Phi) is 5.97. The minimum atomic E-state index is -0.552. The zero-order chi connectivity index (χ0) is 17.0. The van der Waals surface area contributed by atoms with Crippen LogP contribution in [0.1, 0.15) is 54.2 Å². The number of halogens is 2. The molecule has 0 unspecified atom stereocenters. The van der Waals surface area contributed by atoms with Crippen LogP contribution in [-0.4, -0.2) is 21.0 Å². The van der Waals surface area contributed by atoms with Crippen molar-refractivity contribution in [1.82, 2.24) is 4.98 Å². The highest BCUT2D eigenvalue weighted by molar-refractivity contribution is 6.33. The van der Waals surface area contributed by atoms with E-state index in [4.69, 9.17) is 23.2 Å². The van der Waals surface area contributed by atoms with Gasteiger partial charge in [0.1, 0.15) is 22.2 Å². The fraction of sp³-hybridized carbons (Fsp3) is 0.353. The van der Waals surface area contributed by atoms with Crippen molar-refractivity contribution in [2.45, 2.75) is 39.0 Å². The highest BCUT2D eigenvalue weighted by atomic mass is 35.5. The maximum Gasteiger partial charge on any atom is 0.216 e. The molecule has 124 valence electrons. The molecule has 3 N–H and O–H groups in total. The summed E-state index contributed by atoms with van der Waals surface area (Å²) in [5.41, 5.74) is 0.547. The molecule has 0 fully saturated rings. The van der Waals surface area contributed by atoms with Crippen LogP contribution >= 0.6 is 23.2 Å². The summed E-state index contributed by atoms with van der Waals surface area (Å²) in [6.07, 6.45) is 4.73. The number of carbonyl (C=O) groups excluding carboxylic acids is 1. The lowest BCUT2D eigenvalue weighted by Crippen LogP contribution is -2.05. The third-order valence-electron chi connectivity index (χ3n) is 3.73. The molecule has 1 heterocycles. The molecule has 0 aliphatic rings. The topological polar surface area (TPSA) is 73.3 Å². The van der Waals surface area contributed by atoms with E-state index in [-0.39, 0.29) is 22.0 Å². The lowest BCUT2D eigenvalue weighted by atomic mass is 9.98. The molecular formula is C17H19Cl2NO3. The number of benzene rings is 1. The summed E-state index contributed by atoms with van der Waals surface area (Å²) < 4.78 is 0. The van der Waals surface area contributed by atoms with E-state index < -0.39 is 11.5 Å². The smallest absolute Gasteiger partial charge is 0.216 e. The van der Waals surface area contributed by atoms with Gasteiger partial charge in [0, 0.05) is 0 Å². The molecular weight excluding hydrogens is 337 g/mol. The van der Waals surface area contributed by atoms with Gasteiger partial charge < -0.3 is 15.2 Å². The van der Waals surface area contributed by atoms with Crippen LogP contribution in [0.3, 0.4) is 0 Å². The molecule has 2 aromatic rings. The number of H-pyrrole nitrogens is 1. The number of carbonyl (C=O) groups is 1. The SMILES string of the molecule is CCCCCCc1cc(Cl)c(O)c(C(=O)c2ccc(Cl)[nH]2)c1O. The predicted molar refractivity (Wildman–Crippen MR) is 91.9 cm³/mol. The lowest BCUT2D eigenvalue weighted by molar-refractivity contribution is 0.102. The predicted octanol–water partition coefficient (Wildman–Crippen LogP) is 5.09. The Bertz CT molecular complexity index is 710. The summed E-state index contributed by atoms with van der Waals surface area (Å²) in [6.45, 7) is 2.12. The molecule has 0 atom stereocenters. The van der Waals surface area contributed by atoms with Crippen LogP contribution in [0.25, 0.3) is 0 Å². The summed E-state index contributed by atoms with van der Waals surface area (Å²) in [7, 11) is 0. The first-order chi connectivity index (χ1) is 11.0. The number of aromatic nitrogens is 1. The van der Waals surface area contributed by atoms with E-state index in [9.17, 15) is 15.0 Å². The van der Waals surface area contributed by atoms with Gasteiger partial charge in [-0.1, -0.05) is 49.4 Å². The summed E-state index contributed by atoms with van der Waals surface area (Å²) in [6, 6.07) is 4.53. The minimum Gasteiger partial charge on any atom is -0.507 e. The lowest BCUT2D eigenvalue weighted by Gasteiger charge is -2.12. The van der Waals surface area contributed by atoms with Crippen molar-refractivity contribution >= 4 is 29.0 Å². The average molecular weight is 356 g/mol. The molecule has 1 aromatic carbocycles. The van der Waals surface area contributed by atoms with Crippen molar-refractivity contribution < 1.29 is 15.0 Å². The Hall–Kier alpha value is -1.65. The maximum atomic E-state index is 12.5. The van der Waals surface area contributed by atoms with Crippen LogP contribution in [-0.2, 0) is 6.42 Å². The van der Waals surface area contributed by atoms with Crippen LogP contribution < -0.4 is 0 Å². The number of unbranched alkanes of at least 4 members (excludes halogenated alkanes) is 3. The Labute approximate surface area is 145 Å². The third kappa shape index (κ3) is 4.01. The number of aryl methyl sites for hydroxylation is 1. The van der Waals surface area contributed by atoms with Gasteiger partial charge in [-0.2, -0.15) is 0 Å². The molecule has 6 heteroatoms. The van der Waals surface area contributed by atoms with Crippen LogP contribution in [0.2, 0.25) is 10.2 Å². The average Bonchev–Trinajstić information content (AvgIpc) is 2.95. The molecule has 23 heavy (non-hydrogen) atoms. The number of hydrogen-bond acceptors (Lipinski definition) is 3. The van der Waals surface area contributed by atoms with Crippen molar-refractivity contribution in [3.8, 4) is 11.5 Å². The summed E-state index contributed by atoms with van der Waals surface area (Å²) in [5, 5.41) is 20.8. The van der Waals surface area contributed by atoms with Crippen LogP contribution in [0.4, 0.5) is 0 Å². The number of phenolic OH excluding ortho intramolecular Hbond substituents is 2. The monoisotopic (exact) mass is 355 g/mol. The van der Waals surface area contributed by atoms with E-state index in [1.54, 1.807) is 0 Å². The summed E-state index contributed by atoms with van der Waals surface area (Å²) in [4.78, 5) is 15.2. The second-order valence-electron chi connectivity index (χ2n) is 5.45.